The summed E-state index contributed by atoms with van der Waals surface area (Å²) in [6.07, 6.45) is 8.53. The number of hydrogen-bond donors (Lipinski definition) is 1. The summed E-state index contributed by atoms with van der Waals surface area (Å²) in [5.74, 6) is 1.16. The van der Waals surface area contributed by atoms with E-state index in [1.807, 2.05) is 24.4 Å². The molecule has 0 aliphatic heterocycles. The number of pyridine rings is 1. The Hall–Kier alpha value is -2.17. The van der Waals surface area contributed by atoms with Gasteiger partial charge in [-0.2, -0.15) is 5.10 Å². The van der Waals surface area contributed by atoms with Crippen molar-refractivity contribution in [3.63, 3.8) is 0 Å². The SMILES string of the molecule is O=C(NCc1ccnc(-n2cccn2)c1)C1CCC1. The van der Waals surface area contributed by atoms with Crippen LogP contribution in [0.5, 0.6) is 0 Å². The minimum Gasteiger partial charge on any atom is -0.352 e. The van der Waals surface area contributed by atoms with Gasteiger partial charge in [-0.1, -0.05) is 6.42 Å². The monoisotopic (exact) mass is 256 g/mol. The van der Waals surface area contributed by atoms with Gasteiger partial charge in [-0.3, -0.25) is 4.79 Å². The molecule has 2 heterocycles. The van der Waals surface area contributed by atoms with Crippen molar-refractivity contribution in [2.45, 2.75) is 25.8 Å². The van der Waals surface area contributed by atoms with E-state index in [1.54, 1.807) is 17.1 Å². The van der Waals surface area contributed by atoms with Crippen LogP contribution >= 0.6 is 0 Å². The molecule has 3 rings (SSSR count). The fraction of sp³-hybridized carbons (Fsp3) is 0.357. The fourth-order valence-corrected chi connectivity index (χ4v) is 2.10. The highest BCUT2D eigenvalue weighted by Gasteiger charge is 2.24. The molecule has 0 atom stereocenters. The molecule has 1 saturated carbocycles. The first kappa shape index (κ1) is 11.9. The van der Waals surface area contributed by atoms with Crippen molar-refractivity contribution in [2.24, 2.45) is 5.92 Å². The highest BCUT2D eigenvalue weighted by molar-refractivity contribution is 5.79. The number of amides is 1. The fourth-order valence-electron chi connectivity index (χ4n) is 2.10. The van der Waals surface area contributed by atoms with Crippen LogP contribution in [-0.4, -0.2) is 20.7 Å². The van der Waals surface area contributed by atoms with E-state index in [2.05, 4.69) is 15.4 Å². The number of hydrogen-bond acceptors (Lipinski definition) is 3. The van der Waals surface area contributed by atoms with Crippen LogP contribution in [0.15, 0.2) is 36.8 Å². The molecule has 0 saturated heterocycles. The first-order valence-electron chi connectivity index (χ1n) is 6.55. The molecule has 2 aromatic heterocycles. The zero-order chi connectivity index (χ0) is 13.1. The van der Waals surface area contributed by atoms with Gasteiger partial charge in [0.15, 0.2) is 5.82 Å². The number of carbonyl (C=O) groups excluding carboxylic acids is 1. The van der Waals surface area contributed by atoms with Crippen molar-refractivity contribution in [1.29, 1.82) is 0 Å². The van der Waals surface area contributed by atoms with Crippen LogP contribution in [0.2, 0.25) is 0 Å². The normalized spacial score (nSPS) is 14.9. The summed E-state index contributed by atoms with van der Waals surface area (Å²) in [7, 11) is 0. The molecular formula is C14H16N4O. The Kier molecular flexibility index (Phi) is 3.27. The lowest BCUT2D eigenvalue weighted by Crippen LogP contribution is -2.33. The number of carbonyl (C=O) groups is 1. The van der Waals surface area contributed by atoms with Gasteiger partial charge in [0, 0.05) is 31.1 Å². The number of aromatic nitrogens is 3. The van der Waals surface area contributed by atoms with Gasteiger partial charge in [0.05, 0.1) is 0 Å². The van der Waals surface area contributed by atoms with Crippen molar-refractivity contribution < 1.29 is 4.79 Å². The van der Waals surface area contributed by atoms with E-state index < -0.39 is 0 Å². The molecule has 19 heavy (non-hydrogen) atoms. The van der Waals surface area contributed by atoms with Crippen molar-refractivity contribution in [3.8, 4) is 5.82 Å². The average Bonchev–Trinajstić information content (AvgIpc) is 2.88. The molecule has 1 amide bonds. The molecule has 98 valence electrons. The predicted octanol–water partition coefficient (Wildman–Crippen LogP) is 1.68. The summed E-state index contributed by atoms with van der Waals surface area (Å²) in [6.45, 7) is 0.548. The van der Waals surface area contributed by atoms with Crippen LogP contribution in [-0.2, 0) is 11.3 Å². The second kappa shape index (κ2) is 5.22. The Labute approximate surface area is 111 Å². The summed E-state index contributed by atoms with van der Waals surface area (Å²) in [4.78, 5) is 16.0. The Morgan fingerprint density at radius 3 is 3.00 bits per heavy atom. The molecule has 0 bridgehead atoms. The molecule has 1 aliphatic rings. The van der Waals surface area contributed by atoms with Gasteiger partial charge in [-0.05, 0) is 36.6 Å². The van der Waals surface area contributed by atoms with Crippen molar-refractivity contribution in [1.82, 2.24) is 20.1 Å². The first-order chi connectivity index (χ1) is 9.33. The van der Waals surface area contributed by atoms with E-state index in [9.17, 15) is 4.79 Å². The average molecular weight is 256 g/mol. The zero-order valence-corrected chi connectivity index (χ0v) is 10.6. The van der Waals surface area contributed by atoms with Gasteiger partial charge < -0.3 is 5.32 Å². The Balaban J connectivity index is 1.64. The molecule has 0 unspecified atom stereocenters. The molecule has 0 radical (unpaired) electrons. The standard InChI is InChI=1S/C14H16N4O/c19-14(12-3-1-4-12)16-10-11-5-7-15-13(9-11)18-8-2-6-17-18/h2,5-9,12H,1,3-4,10H2,(H,16,19). The molecular weight excluding hydrogens is 240 g/mol. The highest BCUT2D eigenvalue weighted by atomic mass is 16.1. The predicted molar refractivity (Wildman–Crippen MR) is 70.5 cm³/mol. The summed E-state index contributed by atoms with van der Waals surface area (Å²) in [6, 6.07) is 5.70. The Bertz CT molecular complexity index is 561. The van der Waals surface area contributed by atoms with Crippen LogP contribution < -0.4 is 5.32 Å². The van der Waals surface area contributed by atoms with E-state index >= 15 is 0 Å². The maximum atomic E-state index is 11.8. The lowest BCUT2D eigenvalue weighted by molar-refractivity contribution is -0.127. The maximum absolute atomic E-state index is 11.8. The van der Waals surface area contributed by atoms with E-state index in [4.69, 9.17) is 0 Å². The van der Waals surface area contributed by atoms with Crippen LogP contribution in [0.1, 0.15) is 24.8 Å². The molecule has 0 aromatic carbocycles. The largest absolute Gasteiger partial charge is 0.352 e. The minimum absolute atomic E-state index is 0.170. The topological polar surface area (TPSA) is 59.8 Å². The third-order valence-electron chi connectivity index (χ3n) is 3.49. The molecule has 2 aromatic rings. The summed E-state index contributed by atoms with van der Waals surface area (Å²) in [5, 5.41) is 7.12. The van der Waals surface area contributed by atoms with Crippen molar-refractivity contribution in [2.75, 3.05) is 0 Å². The van der Waals surface area contributed by atoms with Gasteiger partial charge in [-0.15, -0.1) is 0 Å². The summed E-state index contributed by atoms with van der Waals surface area (Å²) < 4.78 is 1.71. The summed E-state index contributed by atoms with van der Waals surface area (Å²) in [5.41, 5.74) is 1.04. The van der Waals surface area contributed by atoms with E-state index in [1.165, 1.54) is 6.42 Å². The number of nitrogens with zero attached hydrogens (tertiary/aromatic N) is 3. The quantitative estimate of drug-likeness (QED) is 0.905. The maximum Gasteiger partial charge on any atom is 0.223 e. The van der Waals surface area contributed by atoms with Gasteiger partial charge in [0.2, 0.25) is 5.91 Å². The smallest absolute Gasteiger partial charge is 0.223 e. The third-order valence-corrected chi connectivity index (χ3v) is 3.49. The highest BCUT2D eigenvalue weighted by Crippen LogP contribution is 2.26. The molecule has 0 spiro atoms. The lowest BCUT2D eigenvalue weighted by atomic mass is 9.85. The molecule has 1 N–H and O–H groups in total. The Morgan fingerprint density at radius 1 is 1.42 bits per heavy atom. The van der Waals surface area contributed by atoms with E-state index in [0.717, 1.165) is 24.2 Å². The van der Waals surface area contributed by atoms with Crippen molar-refractivity contribution in [3.05, 3.63) is 42.4 Å². The molecule has 1 aliphatic carbocycles. The van der Waals surface area contributed by atoms with Gasteiger partial charge >= 0.3 is 0 Å². The van der Waals surface area contributed by atoms with E-state index in [-0.39, 0.29) is 11.8 Å². The van der Waals surface area contributed by atoms with Gasteiger partial charge in [0.25, 0.3) is 0 Å². The van der Waals surface area contributed by atoms with Crippen LogP contribution in [0.3, 0.4) is 0 Å². The zero-order valence-electron chi connectivity index (χ0n) is 10.6. The first-order valence-corrected chi connectivity index (χ1v) is 6.55. The van der Waals surface area contributed by atoms with Gasteiger partial charge in [-0.25, -0.2) is 9.67 Å². The van der Waals surface area contributed by atoms with Gasteiger partial charge in [0.1, 0.15) is 0 Å². The summed E-state index contributed by atoms with van der Waals surface area (Å²) >= 11 is 0. The second-order valence-corrected chi connectivity index (χ2v) is 4.82. The minimum atomic E-state index is 0.170. The molecule has 5 heteroatoms. The second-order valence-electron chi connectivity index (χ2n) is 4.82. The van der Waals surface area contributed by atoms with Crippen LogP contribution in [0.4, 0.5) is 0 Å². The van der Waals surface area contributed by atoms with Crippen molar-refractivity contribution >= 4 is 5.91 Å². The lowest BCUT2D eigenvalue weighted by Gasteiger charge is -2.24. The van der Waals surface area contributed by atoms with Crippen LogP contribution in [0, 0.1) is 5.92 Å². The van der Waals surface area contributed by atoms with Crippen LogP contribution in [0.25, 0.3) is 5.82 Å². The van der Waals surface area contributed by atoms with E-state index in [0.29, 0.717) is 6.54 Å². The molecule has 1 fully saturated rings. The molecule has 5 nitrogen and oxygen atoms in total. The number of rotatable bonds is 4. The Morgan fingerprint density at radius 2 is 2.32 bits per heavy atom. The third kappa shape index (κ3) is 2.65. The number of nitrogens with one attached hydrogen (secondary N) is 1.